The summed E-state index contributed by atoms with van der Waals surface area (Å²) in [5, 5.41) is 6.80. The normalized spacial score (nSPS) is 10.4. The Labute approximate surface area is 104 Å². The number of amides is 1. The largest absolute Gasteiger partial charge is 0.319 e. The summed E-state index contributed by atoms with van der Waals surface area (Å²) in [5.41, 5.74) is 1.10. The average Bonchev–Trinajstić information content (AvgIpc) is 2.61. The molecule has 6 heteroatoms. The molecule has 0 aliphatic carbocycles. The molecule has 0 saturated heterocycles. The molecule has 0 spiro atoms. The lowest BCUT2D eigenvalue weighted by Gasteiger charge is -2.04. The molecular weight excluding hydrogens is 232 g/mol. The van der Waals surface area contributed by atoms with E-state index in [1.807, 2.05) is 0 Å². The molecule has 1 N–H and O–H groups in total. The van der Waals surface area contributed by atoms with Crippen molar-refractivity contribution in [3.05, 3.63) is 46.1 Å². The van der Waals surface area contributed by atoms with Gasteiger partial charge in [0.1, 0.15) is 5.56 Å². The second-order valence-corrected chi connectivity index (χ2v) is 4.09. The SMILES string of the molecule is Cc1nn(C)cc1NC(=O)c1cccn(C)c1=O. The number of carbonyl (C=O) groups excluding carboxylic acids is 1. The van der Waals surface area contributed by atoms with Crippen LogP contribution in [0.3, 0.4) is 0 Å². The van der Waals surface area contributed by atoms with Crippen LogP contribution in [0.1, 0.15) is 16.1 Å². The molecule has 1 amide bonds. The van der Waals surface area contributed by atoms with E-state index in [0.29, 0.717) is 11.4 Å². The number of aryl methyl sites for hydroxylation is 3. The predicted octanol–water partition coefficient (Wildman–Crippen LogP) is 0.680. The lowest BCUT2D eigenvalue weighted by atomic mass is 10.2. The molecule has 6 nitrogen and oxygen atoms in total. The van der Waals surface area contributed by atoms with Crippen LogP contribution in [-0.4, -0.2) is 20.3 Å². The number of carbonyl (C=O) groups is 1. The van der Waals surface area contributed by atoms with Crippen LogP contribution < -0.4 is 10.9 Å². The van der Waals surface area contributed by atoms with E-state index in [0.717, 1.165) is 0 Å². The van der Waals surface area contributed by atoms with E-state index in [9.17, 15) is 9.59 Å². The minimum Gasteiger partial charge on any atom is -0.319 e. The molecule has 0 saturated carbocycles. The molecule has 0 atom stereocenters. The Balaban J connectivity index is 2.30. The van der Waals surface area contributed by atoms with Gasteiger partial charge in [-0.15, -0.1) is 0 Å². The minimum absolute atomic E-state index is 0.114. The van der Waals surface area contributed by atoms with Crippen molar-refractivity contribution in [2.45, 2.75) is 6.92 Å². The molecule has 94 valence electrons. The Hall–Kier alpha value is -2.37. The van der Waals surface area contributed by atoms with Crippen molar-refractivity contribution >= 4 is 11.6 Å². The Bertz CT molecular complexity index is 654. The first kappa shape index (κ1) is 12.1. The summed E-state index contributed by atoms with van der Waals surface area (Å²) in [6.45, 7) is 1.79. The fourth-order valence-corrected chi connectivity index (χ4v) is 1.68. The van der Waals surface area contributed by atoms with Gasteiger partial charge in [0.2, 0.25) is 0 Å². The maximum absolute atomic E-state index is 12.0. The molecule has 0 aliphatic rings. The summed E-state index contributed by atoms with van der Waals surface area (Å²) in [6, 6.07) is 3.16. The lowest BCUT2D eigenvalue weighted by molar-refractivity contribution is 0.102. The van der Waals surface area contributed by atoms with Gasteiger partial charge < -0.3 is 9.88 Å². The van der Waals surface area contributed by atoms with Gasteiger partial charge in [0.25, 0.3) is 11.5 Å². The minimum atomic E-state index is -0.424. The quantitative estimate of drug-likeness (QED) is 0.847. The van der Waals surface area contributed by atoms with Gasteiger partial charge in [-0.25, -0.2) is 0 Å². The Morgan fingerprint density at radius 3 is 2.72 bits per heavy atom. The van der Waals surface area contributed by atoms with Crippen molar-refractivity contribution in [3.63, 3.8) is 0 Å². The first-order chi connectivity index (χ1) is 8.49. The van der Waals surface area contributed by atoms with Crippen molar-refractivity contribution in [3.8, 4) is 0 Å². The van der Waals surface area contributed by atoms with E-state index in [2.05, 4.69) is 10.4 Å². The van der Waals surface area contributed by atoms with Gasteiger partial charge in [-0.05, 0) is 19.1 Å². The molecule has 0 unspecified atom stereocenters. The number of aromatic nitrogens is 3. The lowest BCUT2D eigenvalue weighted by Crippen LogP contribution is -2.27. The van der Waals surface area contributed by atoms with E-state index < -0.39 is 5.91 Å². The highest BCUT2D eigenvalue weighted by molar-refractivity contribution is 6.04. The van der Waals surface area contributed by atoms with E-state index in [-0.39, 0.29) is 11.1 Å². The summed E-state index contributed by atoms with van der Waals surface area (Å²) in [4.78, 5) is 23.8. The third-order valence-corrected chi connectivity index (χ3v) is 2.63. The summed E-state index contributed by atoms with van der Waals surface area (Å²) in [7, 11) is 3.37. The zero-order valence-electron chi connectivity index (χ0n) is 10.5. The fraction of sp³-hybridized carbons (Fsp3) is 0.250. The molecule has 2 aromatic rings. The van der Waals surface area contributed by atoms with Crippen molar-refractivity contribution < 1.29 is 4.79 Å². The molecule has 0 fully saturated rings. The molecule has 18 heavy (non-hydrogen) atoms. The fourth-order valence-electron chi connectivity index (χ4n) is 1.68. The highest BCUT2D eigenvalue weighted by Crippen LogP contribution is 2.12. The van der Waals surface area contributed by atoms with E-state index >= 15 is 0 Å². The average molecular weight is 246 g/mol. The van der Waals surface area contributed by atoms with E-state index in [1.54, 1.807) is 44.2 Å². The number of rotatable bonds is 2. The van der Waals surface area contributed by atoms with Crippen molar-refractivity contribution in [2.24, 2.45) is 14.1 Å². The molecule has 0 aliphatic heterocycles. The third kappa shape index (κ3) is 2.17. The predicted molar refractivity (Wildman–Crippen MR) is 67.6 cm³/mol. The summed E-state index contributed by atoms with van der Waals surface area (Å²) >= 11 is 0. The van der Waals surface area contributed by atoms with Gasteiger partial charge >= 0.3 is 0 Å². The van der Waals surface area contributed by atoms with Crippen LogP contribution in [0.25, 0.3) is 0 Å². The van der Waals surface area contributed by atoms with Gasteiger partial charge in [-0.3, -0.25) is 14.3 Å². The summed E-state index contributed by atoms with van der Waals surface area (Å²) in [5.74, 6) is -0.424. The summed E-state index contributed by atoms with van der Waals surface area (Å²) in [6.07, 6.45) is 3.30. The highest BCUT2D eigenvalue weighted by Gasteiger charge is 2.13. The smallest absolute Gasteiger partial charge is 0.263 e. The van der Waals surface area contributed by atoms with Gasteiger partial charge in [0, 0.05) is 26.5 Å². The first-order valence-electron chi connectivity index (χ1n) is 5.46. The number of pyridine rings is 1. The van der Waals surface area contributed by atoms with Gasteiger partial charge in [-0.2, -0.15) is 5.10 Å². The first-order valence-corrected chi connectivity index (χ1v) is 5.46. The van der Waals surface area contributed by atoms with Gasteiger partial charge in [0.05, 0.1) is 11.4 Å². The molecule has 0 aromatic carbocycles. The number of anilines is 1. The molecular formula is C12H14N4O2. The van der Waals surface area contributed by atoms with E-state index in [1.165, 1.54) is 10.6 Å². The monoisotopic (exact) mass is 246 g/mol. The molecule has 0 radical (unpaired) electrons. The summed E-state index contributed by atoms with van der Waals surface area (Å²) < 4.78 is 2.97. The van der Waals surface area contributed by atoms with Crippen molar-refractivity contribution in [2.75, 3.05) is 5.32 Å². The maximum atomic E-state index is 12.0. The molecule has 2 heterocycles. The number of hydrogen-bond acceptors (Lipinski definition) is 3. The third-order valence-electron chi connectivity index (χ3n) is 2.63. The maximum Gasteiger partial charge on any atom is 0.263 e. The molecule has 2 aromatic heterocycles. The van der Waals surface area contributed by atoms with Crippen LogP contribution in [0.5, 0.6) is 0 Å². The Morgan fingerprint density at radius 1 is 1.39 bits per heavy atom. The van der Waals surface area contributed by atoms with Crippen LogP contribution in [0, 0.1) is 6.92 Å². The molecule has 2 rings (SSSR count). The standard InChI is InChI=1S/C12H14N4O2/c1-8-10(7-16(3)14-8)13-11(17)9-5-4-6-15(2)12(9)18/h4-7H,1-3H3,(H,13,17). The topological polar surface area (TPSA) is 68.9 Å². The number of hydrogen-bond donors (Lipinski definition) is 1. The van der Waals surface area contributed by atoms with Crippen LogP contribution in [0.4, 0.5) is 5.69 Å². The van der Waals surface area contributed by atoms with Crippen LogP contribution in [0.15, 0.2) is 29.3 Å². The zero-order valence-corrected chi connectivity index (χ0v) is 10.5. The van der Waals surface area contributed by atoms with Crippen LogP contribution in [-0.2, 0) is 14.1 Å². The number of nitrogens with zero attached hydrogens (tertiary/aromatic N) is 3. The zero-order chi connectivity index (χ0) is 13.3. The van der Waals surface area contributed by atoms with Gasteiger partial charge in [-0.1, -0.05) is 0 Å². The second-order valence-electron chi connectivity index (χ2n) is 4.09. The molecule has 0 bridgehead atoms. The second kappa shape index (κ2) is 4.48. The number of nitrogens with one attached hydrogen (secondary N) is 1. The Morgan fingerprint density at radius 2 is 2.11 bits per heavy atom. The van der Waals surface area contributed by atoms with Crippen LogP contribution in [0.2, 0.25) is 0 Å². The van der Waals surface area contributed by atoms with Gasteiger partial charge in [0.15, 0.2) is 0 Å². The highest BCUT2D eigenvalue weighted by atomic mass is 16.2. The van der Waals surface area contributed by atoms with Crippen molar-refractivity contribution in [1.82, 2.24) is 14.3 Å². The Kier molecular flexibility index (Phi) is 3.01. The van der Waals surface area contributed by atoms with E-state index in [4.69, 9.17) is 0 Å². The van der Waals surface area contributed by atoms with Crippen molar-refractivity contribution in [1.29, 1.82) is 0 Å². The van der Waals surface area contributed by atoms with Crippen LogP contribution >= 0.6 is 0 Å².